The van der Waals surface area contributed by atoms with E-state index in [2.05, 4.69) is 0 Å². The van der Waals surface area contributed by atoms with Gasteiger partial charge in [0.25, 0.3) is 0 Å². The van der Waals surface area contributed by atoms with Crippen molar-refractivity contribution < 1.29 is 35.8 Å². The van der Waals surface area contributed by atoms with Gasteiger partial charge in [-0.2, -0.15) is 26.3 Å². The predicted octanol–water partition coefficient (Wildman–Crippen LogP) is 8.88. The highest BCUT2D eigenvalue weighted by molar-refractivity contribution is 5.87. The molecule has 8 heteroatoms. The number of benzene rings is 4. The second-order valence-corrected chi connectivity index (χ2v) is 8.11. The van der Waals surface area contributed by atoms with Gasteiger partial charge >= 0.3 is 24.2 Å². The molecule has 5 rings (SSSR count). The number of rotatable bonds is 6. The Kier molecular flexibility index (Phi) is 6.25. The Morgan fingerprint density at radius 2 is 0.757 bits per heavy atom. The van der Waals surface area contributed by atoms with Crippen molar-refractivity contribution in [2.45, 2.75) is 5.41 Å². The summed E-state index contributed by atoms with van der Waals surface area (Å²) in [7, 11) is 0. The number of ether oxygens (including phenoxy) is 2. The van der Waals surface area contributed by atoms with Crippen molar-refractivity contribution in [2.24, 2.45) is 0 Å². The highest BCUT2D eigenvalue weighted by Crippen LogP contribution is 2.59. The number of hydrogen-bond acceptors (Lipinski definition) is 2. The first-order valence-corrected chi connectivity index (χ1v) is 11.0. The Morgan fingerprint density at radius 1 is 0.432 bits per heavy atom. The van der Waals surface area contributed by atoms with Crippen molar-refractivity contribution in [2.75, 3.05) is 0 Å². The van der Waals surface area contributed by atoms with Crippen LogP contribution in [0.15, 0.2) is 121 Å². The lowest BCUT2D eigenvalue weighted by molar-refractivity contribution is 0.236. The van der Waals surface area contributed by atoms with E-state index in [4.69, 9.17) is 9.47 Å². The molecule has 4 aromatic carbocycles. The van der Waals surface area contributed by atoms with E-state index in [-0.39, 0.29) is 22.6 Å². The zero-order chi connectivity index (χ0) is 26.2. The number of para-hydroxylation sites is 2. The fraction of sp³-hybridized carbons (Fsp3) is 0.0345. The smallest absolute Gasteiger partial charge is 0.344 e. The third-order valence-electron chi connectivity index (χ3n) is 6.23. The number of halogens is 6. The van der Waals surface area contributed by atoms with Crippen molar-refractivity contribution in [1.82, 2.24) is 0 Å². The second-order valence-electron chi connectivity index (χ2n) is 8.11. The molecular formula is C29H16F6O2. The SMILES string of the molecule is FC(F)=C(F)Oc1ccccc1C1(c2ccccc2OC(F)=C(F)F)c2ccccc2-c2ccccc21. The molecule has 0 fully saturated rings. The average Bonchev–Trinajstić information content (AvgIpc) is 3.20. The average molecular weight is 510 g/mol. The summed E-state index contributed by atoms with van der Waals surface area (Å²) >= 11 is 0. The van der Waals surface area contributed by atoms with Crippen LogP contribution in [0.1, 0.15) is 22.3 Å². The van der Waals surface area contributed by atoms with E-state index in [1.165, 1.54) is 24.3 Å². The van der Waals surface area contributed by atoms with Crippen molar-refractivity contribution in [3.05, 3.63) is 144 Å². The van der Waals surface area contributed by atoms with Gasteiger partial charge in [-0.1, -0.05) is 84.9 Å². The van der Waals surface area contributed by atoms with Gasteiger partial charge in [0.15, 0.2) is 0 Å². The molecule has 1 aliphatic carbocycles. The molecule has 0 radical (unpaired) electrons. The predicted molar refractivity (Wildman–Crippen MR) is 126 cm³/mol. The third-order valence-corrected chi connectivity index (χ3v) is 6.23. The molecule has 0 saturated heterocycles. The minimum absolute atomic E-state index is 0.213. The summed E-state index contributed by atoms with van der Waals surface area (Å²) in [5.41, 5.74) is 1.71. The first kappa shape index (κ1) is 24.2. The van der Waals surface area contributed by atoms with Crippen LogP contribution in [0.2, 0.25) is 0 Å². The highest BCUT2D eigenvalue weighted by atomic mass is 19.3. The van der Waals surface area contributed by atoms with Gasteiger partial charge < -0.3 is 9.47 Å². The Labute approximate surface area is 207 Å². The molecule has 0 N–H and O–H groups in total. The molecule has 0 unspecified atom stereocenters. The van der Waals surface area contributed by atoms with Crippen LogP contribution in [0.3, 0.4) is 0 Å². The normalized spacial score (nSPS) is 12.8. The lowest BCUT2D eigenvalue weighted by Crippen LogP contribution is -2.30. The Bertz CT molecular complexity index is 1430. The van der Waals surface area contributed by atoms with Crippen LogP contribution >= 0.6 is 0 Å². The maximum Gasteiger partial charge on any atom is 0.344 e. The molecule has 1 aliphatic rings. The van der Waals surface area contributed by atoms with Crippen LogP contribution in [0.4, 0.5) is 26.3 Å². The van der Waals surface area contributed by atoms with Gasteiger partial charge in [0.2, 0.25) is 0 Å². The minimum Gasteiger partial charge on any atom is -0.427 e. The minimum atomic E-state index is -2.65. The van der Waals surface area contributed by atoms with Gasteiger partial charge in [-0.15, -0.1) is 0 Å². The lowest BCUT2D eigenvalue weighted by atomic mass is 9.67. The van der Waals surface area contributed by atoms with Gasteiger partial charge in [0.1, 0.15) is 11.5 Å². The molecule has 0 saturated carbocycles. The molecule has 2 nitrogen and oxygen atoms in total. The van der Waals surface area contributed by atoms with Gasteiger partial charge in [-0.25, -0.2) is 0 Å². The van der Waals surface area contributed by atoms with E-state index >= 15 is 0 Å². The van der Waals surface area contributed by atoms with Gasteiger partial charge in [-0.3, -0.25) is 0 Å². The Morgan fingerprint density at radius 3 is 1.14 bits per heavy atom. The van der Waals surface area contributed by atoms with Crippen molar-refractivity contribution >= 4 is 0 Å². The van der Waals surface area contributed by atoms with Crippen LogP contribution in [0, 0.1) is 0 Å². The molecule has 0 spiro atoms. The van der Waals surface area contributed by atoms with Gasteiger partial charge in [0.05, 0.1) is 5.41 Å². The first-order valence-electron chi connectivity index (χ1n) is 11.0. The van der Waals surface area contributed by atoms with Crippen LogP contribution in [-0.4, -0.2) is 0 Å². The van der Waals surface area contributed by atoms with Gasteiger partial charge in [0, 0.05) is 11.1 Å². The van der Waals surface area contributed by atoms with Crippen LogP contribution in [0.25, 0.3) is 11.1 Å². The standard InChI is InChI=1S/C29H16F6O2/c30-25(31)27(34)36-23-15-7-5-13-21(23)29(22-14-6-8-16-24(22)37-28(35)26(32)33)19-11-3-1-9-17(19)18-10-2-4-12-20(18)29/h1-16H. The summed E-state index contributed by atoms with van der Waals surface area (Å²) in [6.07, 6.45) is -5.30. The molecule has 186 valence electrons. The van der Waals surface area contributed by atoms with Crippen molar-refractivity contribution in [3.63, 3.8) is 0 Å². The summed E-state index contributed by atoms with van der Waals surface area (Å²) in [5, 5.41) is 0. The zero-order valence-corrected chi connectivity index (χ0v) is 18.8. The first-order chi connectivity index (χ1) is 17.9. The van der Waals surface area contributed by atoms with E-state index in [1.54, 1.807) is 60.7 Å². The lowest BCUT2D eigenvalue weighted by Gasteiger charge is -2.35. The van der Waals surface area contributed by atoms with Gasteiger partial charge in [-0.05, 0) is 34.4 Å². The molecule has 0 heterocycles. The topological polar surface area (TPSA) is 18.5 Å². The van der Waals surface area contributed by atoms with Crippen LogP contribution in [0.5, 0.6) is 11.5 Å². The highest BCUT2D eigenvalue weighted by Gasteiger charge is 2.49. The van der Waals surface area contributed by atoms with E-state index in [1.807, 2.05) is 12.1 Å². The summed E-state index contributed by atoms with van der Waals surface area (Å²) in [6.45, 7) is 0. The maximum absolute atomic E-state index is 14.1. The molecule has 0 bridgehead atoms. The molecule has 0 aromatic heterocycles. The van der Waals surface area contributed by atoms with E-state index in [9.17, 15) is 26.3 Å². The summed E-state index contributed by atoms with van der Waals surface area (Å²) in [6, 6.07) is 22.0. The second kappa shape index (κ2) is 9.54. The van der Waals surface area contributed by atoms with Crippen molar-refractivity contribution in [3.8, 4) is 22.6 Å². The fourth-order valence-electron chi connectivity index (χ4n) is 4.96. The van der Waals surface area contributed by atoms with Crippen LogP contribution in [-0.2, 0) is 5.41 Å². The number of hydrogen-bond donors (Lipinski definition) is 0. The zero-order valence-electron chi connectivity index (χ0n) is 18.8. The quantitative estimate of drug-likeness (QED) is 0.168. The van der Waals surface area contributed by atoms with E-state index < -0.39 is 29.6 Å². The molecule has 0 aliphatic heterocycles. The molecule has 0 amide bonds. The summed E-state index contributed by atoms with van der Waals surface area (Å²) < 4.78 is 90.3. The third kappa shape index (κ3) is 3.94. The largest absolute Gasteiger partial charge is 0.427 e. The monoisotopic (exact) mass is 510 g/mol. The van der Waals surface area contributed by atoms with E-state index in [0.29, 0.717) is 11.1 Å². The maximum atomic E-state index is 14.1. The summed E-state index contributed by atoms with van der Waals surface area (Å²) in [5.74, 6) is -0.497. The molecule has 37 heavy (non-hydrogen) atoms. The molecule has 4 aromatic rings. The molecule has 0 atom stereocenters. The van der Waals surface area contributed by atoms with Crippen LogP contribution < -0.4 is 9.47 Å². The van der Waals surface area contributed by atoms with Crippen molar-refractivity contribution in [1.29, 1.82) is 0 Å². The Balaban J connectivity index is 1.92. The molecular weight excluding hydrogens is 494 g/mol. The Hall–Kier alpha value is -4.46. The fourth-order valence-corrected chi connectivity index (χ4v) is 4.96. The summed E-state index contributed by atoms with van der Waals surface area (Å²) in [4.78, 5) is 0. The van der Waals surface area contributed by atoms with E-state index in [0.717, 1.165) is 11.1 Å². The number of fused-ring (bicyclic) bond motifs is 3.